The van der Waals surface area contributed by atoms with Gasteiger partial charge in [-0.2, -0.15) is 0 Å². The first-order valence-electron chi connectivity index (χ1n) is 8.50. The molecule has 1 saturated heterocycles. The van der Waals surface area contributed by atoms with Gasteiger partial charge in [-0.3, -0.25) is 14.2 Å². The number of likely N-dealkylation sites (tertiary alicyclic amines) is 1. The molecule has 1 amide bonds. The minimum Gasteiger partial charge on any atom is -0.332 e. The predicted octanol–water partition coefficient (Wildman–Crippen LogP) is 1.20. The van der Waals surface area contributed by atoms with Crippen molar-refractivity contribution in [3.8, 4) is 0 Å². The van der Waals surface area contributed by atoms with Gasteiger partial charge < -0.3 is 9.80 Å². The molecule has 23 heavy (non-hydrogen) atoms. The van der Waals surface area contributed by atoms with Crippen molar-refractivity contribution in [3.05, 3.63) is 27.4 Å². The smallest absolute Gasteiger partial charge is 0.258 e. The summed E-state index contributed by atoms with van der Waals surface area (Å²) >= 11 is 0. The maximum atomic E-state index is 12.5. The van der Waals surface area contributed by atoms with E-state index in [1.807, 2.05) is 6.92 Å². The van der Waals surface area contributed by atoms with Crippen LogP contribution < -0.4 is 5.56 Å². The summed E-state index contributed by atoms with van der Waals surface area (Å²) in [6, 6.07) is 0.519. The van der Waals surface area contributed by atoms with Crippen molar-refractivity contribution in [2.24, 2.45) is 7.05 Å². The minimum atomic E-state index is -0.0187. The highest BCUT2D eigenvalue weighted by Crippen LogP contribution is 2.22. The van der Waals surface area contributed by atoms with Gasteiger partial charge in [0.05, 0.1) is 24.3 Å². The van der Waals surface area contributed by atoms with E-state index in [9.17, 15) is 9.59 Å². The van der Waals surface area contributed by atoms with E-state index in [1.165, 1.54) is 19.3 Å². The molecule has 3 heterocycles. The fraction of sp³-hybridized carbons (Fsp3) is 0.706. The van der Waals surface area contributed by atoms with Crippen molar-refractivity contribution in [3.63, 3.8) is 0 Å². The molecular formula is C17H26N4O2. The molecule has 0 radical (unpaired) electrons. The van der Waals surface area contributed by atoms with Crippen LogP contribution >= 0.6 is 0 Å². The SMILES string of the molecule is Cc1nc2c(c(=O)n1C)CN(C(=O)CC[C@@H]1CCCCN1C)C2. The third-order valence-corrected chi connectivity index (χ3v) is 5.35. The Morgan fingerprint density at radius 1 is 1.26 bits per heavy atom. The van der Waals surface area contributed by atoms with Crippen LogP contribution in [0.25, 0.3) is 0 Å². The van der Waals surface area contributed by atoms with Gasteiger partial charge in [-0.05, 0) is 39.8 Å². The number of aryl methyl sites for hydroxylation is 1. The quantitative estimate of drug-likeness (QED) is 0.840. The van der Waals surface area contributed by atoms with Crippen LogP contribution in [0.2, 0.25) is 0 Å². The van der Waals surface area contributed by atoms with Gasteiger partial charge in [0.25, 0.3) is 5.56 Å². The molecule has 2 aliphatic rings. The van der Waals surface area contributed by atoms with Crippen LogP contribution in [0.4, 0.5) is 0 Å². The molecule has 0 saturated carbocycles. The van der Waals surface area contributed by atoms with E-state index in [0.717, 1.165) is 18.7 Å². The summed E-state index contributed by atoms with van der Waals surface area (Å²) in [5.74, 6) is 0.841. The van der Waals surface area contributed by atoms with E-state index in [2.05, 4.69) is 16.9 Å². The third-order valence-electron chi connectivity index (χ3n) is 5.35. The number of nitrogens with zero attached hydrogens (tertiary/aromatic N) is 4. The van der Waals surface area contributed by atoms with Gasteiger partial charge in [-0.1, -0.05) is 6.42 Å². The third kappa shape index (κ3) is 3.17. The highest BCUT2D eigenvalue weighted by Gasteiger charge is 2.28. The number of piperidine rings is 1. The van der Waals surface area contributed by atoms with Crippen molar-refractivity contribution in [2.45, 2.75) is 58.2 Å². The molecule has 1 fully saturated rings. The Bertz CT molecular complexity index is 667. The molecule has 1 atom stereocenters. The molecule has 0 bridgehead atoms. The molecule has 6 heteroatoms. The molecule has 2 aliphatic heterocycles. The van der Waals surface area contributed by atoms with Crippen molar-refractivity contribution < 1.29 is 4.79 Å². The van der Waals surface area contributed by atoms with Gasteiger partial charge in [0.1, 0.15) is 5.82 Å². The van der Waals surface area contributed by atoms with Crippen LogP contribution in [0.3, 0.4) is 0 Å². The topological polar surface area (TPSA) is 58.4 Å². The van der Waals surface area contributed by atoms with E-state index in [-0.39, 0.29) is 11.5 Å². The second kappa shape index (κ2) is 6.43. The first-order chi connectivity index (χ1) is 11.0. The first-order valence-corrected chi connectivity index (χ1v) is 8.50. The second-order valence-corrected chi connectivity index (χ2v) is 6.87. The maximum absolute atomic E-state index is 12.5. The molecule has 0 unspecified atom stereocenters. The highest BCUT2D eigenvalue weighted by molar-refractivity contribution is 5.76. The minimum absolute atomic E-state index is 0.0187. The Labute approximate surface area is 137 Å². The molecule has 0 aliphatic carbocycles. The number of carbonyl (C=O) groups is 1. The molecule has 6 nitrogen and oxygen atoms in total. The number of carbonyl (C=O) groups excluding carboxylic acids is 1. The molecule has 1 aromatic heterocycles. The summed E-state index contributed by atoms with van der Waals surface area (Å²) in [6.07, 6.45) is 5.18. The van der Waals surface area contributed by atoms with E-state index in [4.69, 9.17) is 0 Å². The summed E-state index contributed by atoms with van der Waals surface area (Å²) in [4.78, 5) is 33.4. The number of amides is 1. The van der Waals surface area contributed by atoms with E-state index in [1.54, 1.807) is 16.5 Å². The number of fused-ring (bicyclic) bond motifs is 1. The Morgan fingerprint density at radius 2 is 2.04 bits per heavy atom. The standard InChI is InChI=1S/C17H26N4O2/c1-12-18-15-11-21(10-14(15)17(23)20(12)3)16(22)8-7-13-6-4-5-9-19(13)2/h13H,4-11H2,1-3H3/t13-/m0/s1. The van der Waals surface area contributed by atoms with Gasteiger partial charge >= 0.3 is 0 Å². The lowest BCUT2D eigenvalue weighted by atomic mass is 9.98. The van der Waals surface area contributed by atoms with Gasteiger partial charge in [0, 0.05) is 19.5 Å². The largest absolute Gasteiger partial charge is 0.332 e. The second-order valence-electron chi connectivity index (χ2n) is 6.87. The lowest BCUT2D eigenvalue weighted by Gasteiger charge is -2.32. The van der Waals surface area contributed by atoms with Crippen LogP contribution in [-0.4, -0.2) is 44.9 Å². The summed E-state index contributed by atoms with van der Waals surface area (Å²) in [5, 5.41) is 0. The Hall–Kier alpha value is -1.69. The lowest BCUT2D eigenvalue weighted by molar-refractivity contribution is -0.132. The number of hydrogen-bond acceptors (Lipinski definition) is 4. The number of rotatable bonds is 3. The van der Waals surface area contributed by atoms with Crippen LogP contribution in [0, 0.1) is 6.92 Å². The lowest BCUT2D eigenvalue weighted by Crippen LogP contribution is -2.37. The average molecular weight is 318 g/mol. The van der Waals surface area contributed by atoms with Gasteiger partial charge in [-0.25, -0.2) is 4.98 Å². The van der Waals surface area contributed by atoms with Crippen LogP contribution in [-0.2, 0) is 24.9 Å². The summed E-state index contributed by atoms with van der Waals surface area (Å²) in [5.41, 5.74) is 1.43. The first kappa shape index (κ1) is 16.2. The van der Waals surface area contributed by atoms with Gasteiger partial charge in [0.2, 0.25) is 5.91 Å². The molecular weight excluding hydrogens is 292 g/mol. The van der Waals surface area contributed by atoms with Crippen LogP contribution in [0.15, 0.2) is 4.79 Å². The monoisotopic (exact) mass is 318 g/mol. The van der Waals surface area contributed by atoms with Crippen molar-refractivity contribution in [1.82, 2.24) is 19.4 Å². The highest BCUT2D eigenvalue weighted by atomic mass is 16.2. The normalized spacial score (nSPS) is 21.5. The fourth-order valence-corrected chi connectivity index (χ4v) is 3.66. The van der Waals surface area contributed by atoms with Crippen LogP contribution in [0.1, 0.15) is 49.2 Å². The van der Waals surface area contributed by atoms with Crippen molar-refractivity contribution >= 4 is 5.91 Å². The average Bonchev–Trinajstić information content (AvgIpc) is 2.96. The molecule has 0 aromatic carbocycles. The van der Waals surface area contributed by atoms with E-state index in [0.29, 0.717) is 36.9 Å². The fourth-order valence-electron chi connectivity index (χ4n) is 3.66. The zero-order valence-corrected chi connectivity index (χ0v) is 14.3. The predicted molar refractivity (Wildman–Crippen MR) is 88.0 cm³/mol. The van der Waals surface area contributed by atoms with Gasteiger partial charge in [0.15, 0.2) is 0 Å². The van der Waals surface area contributed by atoms with Crippen molar-refractivity contribution in [1.29, 1.82) is 0 Å². The van der Waals surface area contributed by atoms with Gasteiger partial charge in [-0.15, -0.1) is 0 Å². The summed E-state index contributed by atoms with van der Waals surface area (Å²) in [6.45, 7) is 3.85. The molecule has 1 aromatic rings. The Kier molecular flexibility index (Phi) is 4.53. The Balaban J connectivity index is 1.62. The maximum Gasteiger partial charge on any atom is 0.258 e. The zero-order chi connectivity index (χ0) is 16.6. The zero-order valence-electron chi connectivity index (χ0n) is 14.3. The molecule has 3 rings (SSSR count). The summed E-state index contributed by atoms with van der Waals surface area (Å²) < 4.78 is 1.56. The Morgan fingerprint density at radius 3 is 2.78 bits per heavy atom. The van der Waals surface area contributed by atoms with E-state index < -0.39 is 0 Å². The van der Waals surface area contributed by atoms with Crippen LogP contribution in [0.5, 0.6) is 0 Å². The van der Waals surface area contributed by atoms with Crippen molar-refractivity contribution in [2.75, 3.05) is 13.6 Å². The molecule has 0 spiro atoms. The summed E-state index contributed by atoms with van der Waals surface area (Å²) in [7, 11) is 3.88. The van der Waals surface area contributed by atoms with E-state index >= 15 is 0 Å². The molecule has 126 valence electrons. The number of hydrogen-bond donors (Lipinski definition) is 0. The number of aromatic nitrogens is 2. The molecule has 0 N–H and O–H groups in total.